The molecule has 0 amide bonds. The average molecular weight is 267 g/mol. The molecule has 0 spiro atoms. The highest BCUT2D eigenvalue weighted by Crippen LogP contribution is 2.31. The predicted molar refractivity (Wildman–Crippen MR) is 70.0 cm³/mol. The van der Waals surface area contributed by atoms with Crippen LogP contribution in [0.2, 0.25) is 0 Å². The zero-order chi connectivity index (χ0) is 13.3. The summed E-state index contributed by atoms with van der Waals surface area (Å²) in [5, 5.41) is -0.607. The van der Waals surface area contributed by atoms with Gasteiger partial charge in [-0.2, -0.15) is 0 Å². The molecule has 0 bridgehead atoms. The Morgan fingerprint density at radius 1 is 0.944 bits per heavy atom. The van der Waals surface area contributed by atoms with Crippen LogP contribution in [0.25, 0.3) is 0 Å². The van der Waals surface area contributed by atoms with Crippen molar-refractivity contribution in [3.63, 3.8) is 0 Å². The highest BCUT2D eigenvalue weighted by atomic mass is 35.5. The summed E-state index contributed by atoms with van der Waals surface area (Å²) in [6.07, 6.45) is 0. The molecule has 0 aliphatic heterocycles. The fourth-order valence-electron chi connectivity index (χ4n) is 1.86. The largest absolute Gasteiger partial charge is 0.207 e. The standard InChI is InChI=1S/C15H13ClF2/c1-9-3-5-14(18)12(7-9)15(16)11-4-6-13(17)10(2)8-11/h3-8,15H,1-2H3. The van der Waals surface area contributed by atoms with Gasteiger partial charge in [0.25, 0.3) is 0 Å². The van der Waals surface area contributed by atoms with E-state index >= 15 is 0 Å². The van der Waals surface area contributed by atoms with E-state index in [4.69, 9.17) is 11.6 Å². The van der Waals surface area contributed by atoms with Crippen molar-refractivity contribution in [2.45, 2.75) is 19.2 Å². The summed E-state index contributed by atoms with van der Waals surface area (Å²) >= 11 is 6.27. The van der Waals surface area contributed by atoms with Crippen LogP contribution in [0.4, 0.5) is 8.78 Å². The van der Waals surface area contributed by atoms with Gasteiger partial charge in [0, 0.05) is 5.56 Å². The molecule has 0 aromatic heterocycles. The highest BCUT2D eigenvalue weighted by Gasteiger charge is 2.16. The van der Waals surface area contributed by atoms with Crippen molar-refractivity contribution in [1.82, 2.24) is 0 Å². The van der Waals surface area contributed by atoms with E-state index in [1.54, 1.807) is 31.2 Å². The lowest BCUT2D eigenvalue weighted by Crippen LogP contribution is -1.99. The number of benzene rings is 2. The first-order chi connectivity index (χ1) is 8.49. The molecule has 0 aliphatic carbocycles. The molecule has 0 fully saturated rings. The number of aryl methyl sites for hydroxylation is 2. The molecule has 0 saturated carbocycles. The molecule has 0 radical (unpaired) electrons. The molecule has 0 aliphatic rings. The second kappa shape index (κ2) is 5.07. The monoisotopic (exact) mass is 266 g/mol. The van der Waals surface area contributed by atoms with Crippen LogP contribution in [0.1, 0.15) is 27.6 Å². The Labute approximate surface area is 110 Å². The number of hydrogen-bond acceptors (Lipinski definition) is 0. The zero-order valence-electron chi connectivity index (χ0n) is 10.2. The minimum absolute atomic E-state index is 0.285. The van der Waals surface area contributed by atoms with Crippen LogP contribution >= 0.6 is 11.6 Å². The topological polar surface area (TPSA) is 0 Å². The van der Waals surface area contributed by atoms with Gasteiger partial charge in [-0.05, 0) is 37.1 Å². The molecular weight excluding hydrogens is 254 g/mol. The summed E-state index contributed by atoms with van der Waals surface area (Å²) in [6.45, 7) is 3.54. The van der Waals surface area contributed by atoms with E-state index in [1.165, 1.54) is 12.1 Å². The highest BCUT2D eigenvalue weighted by molar-refractivity contribution is 6.22. The van der Waals surface area contributed by atoms with E-state index in [9.17, 15) is 8.78 Å². The molecule has 1 unspecified atom stereocenters. The second-order valence-corrected chi connectivity index (χ2v) is 4.83. The smallest absolute Gasteiger partial charge is 0.128 e. The van der Waals surface area contributed by atoms with Crippen LogP contribution < -0.4 is 0 Å². The van der Waals surface area contributed by atoms with E-state index in [-0.39, 0.29) is 11.6 Å². The maximum Gasteiger partial charge on any atom is 0.128 e. The molecule has 94 valence electrons. The number of alkyl halides is 1. The molecule has 0 heterocycles. The van der Waals surface area contributed by atoms with E-state index in [2.05, 4.69) is 0 Å². The summed E-state index contributed by atoms with van der Waals surface area (Å²) < 4.78 is 26.9. The lowest BCUT2D eigenvalue weighted by molar-refractivity contribution is 0.610. The Hall–Kier alpha value is -1.41. The van der Waals surface area contributed by atoms with Crippen LogP contribution in [0.15, 0.2) is 36.4 Å². The first kappa shape index (κ1) is 13.0. The molecule has 18 heavy (non-hydrogen) atoms. The summed E-state index contributed by atoms with van der Waals surface area (Å²) in [4.78, 5) is 0. The van der Waals surface area contributed by atoms with E-state index in [1.807, 2.05) is 6.92 Å². The summed E-state index contributed by atoms with van der Waals surface area (Å²) in [7, 11) is 0. The van der Waals surface area contributed by atoms with Crippen molar-refractivity contribution in [2.24, 2.45) is 0 Å². The van der Waals surface area contributed by atoms with Gasteiger partial charge in [-0.25, -0.2) is 8.78 Å². The number of hydrogen-bond donors (Lipinski definition) is 0. The van der Waals surface area contributed by atoms with Gasteiger partial charge in [-0.15, -0.1) is 11.6 Å². The van der Waals surface area contributed by atoms with Crippen molar-refractivity contribution in [2.75, 3.05) is 0 Å². The predicted octanol–water partition coefficient (Wildman–Crippen LogP) is 4.91. The molecule has 0 N–H and O–H groups in total. The number of halogens is 3. The third kappa shape index (κ3) is 2.54. The Morgan fingerprint density at radius 2 is 1.61 bits per heavy atom. The van der Waals surface area contributed by atoms with Gasteiger partial charge in [-0.1, -0.05) is 29.8 Å². The van der Waals surface area contributed by atoms with E-state index in [0.29, 0.717) is 16.7 Å². The molecule has 0 saturated heterocycles. The van der Waals surface area contributed by atoms with Gasteiger partial charge in [0.15, 0.2) is 0 Å². The zero-order valence-corrected chi connectivity index (χ0v) is 10.9. The Morgan fingerprint density at radius 3 is 2.28 bits per heavy atom. The van der Waals surface area contributed by atoms with E-state index < -0.39 is 5.38 Å². The van der Waals surface area contributed by atoms with E-state index in [0.717, 1.165) is 5.56 Å². The van der Waals surface area contributed by atoms with Gasteiger partial charge in [0.05, 0.1) is 5.38 Å². The Balaban J connectivity index is 2.44. The third-order valence-corrected chi connectivity index (χ3v) is 3.39. The SMILES string of the molecule is Cc1ccc(F)c(C(Cl)c2ccc(F)c(C)c2)c1. The van der Waals surface area contributed by atoms with Crippen molar-refractivity contribution < 1.29 is 8.78 Å². The minimum Gasteiger partial charge on any atom is -0.207 e. The molecule has 2 aromatic rings. The molecule has 3 heteroatoms. The van der Waals surface area contributed by atoms with Gasteiger partial charge in [0.2, 0.25) is 0 Å². The van der Waals surface area contributed by atoms with Gasteiger partial charge in [-0.3, -0.25) is 0 Å². The summed E-state index contributed by atoms with van der Waals surface area (Å²) in [5.41, 5.74) is 2.56. The average Bonchev–Trinajstić information content (AvgIpc) is 2.35. The van der Waals surface area contributed by atoms with Gasteiger partial charge in [0.1, 0.15) is 11.6 Å². The maximum absolute atomic E-state index is 13.7. The number of rotatable bonds is 2. The van der Waals surface area contributed by atoms with Crippen molar-refractivity contribution in [3.8, 4) is 0 Å². The van der Waals surface area contributed by atoms with Crippen LogP contribution in [0.5, 0.6) is 0 Å². The fraction of sp³-hybridized carbons (Fsp3) is 0.200. The van der Waals surface area contributed by atoms with Gasteiger partial charge >= 0.3 is 0 Å². The summed E-state index contributed by atoms with van der Waals surface area (Å²) in [5.74, 6) is -0.630. The van der Waals surface area contributed by atoms with Crippen LogP contribution in [0.3, 0.4) is 0 Å². The summed E-state index contributed by atoms with van der Waals surface area (Å²) in [6, 6.07) is 9.39. The van der Waals surface area contributed by atoms with Crippen molar-refractivity contribution >= 4 is 11.6 Å². The fourth-order valence-corrected chi connectivity index (χ4v) is 2.17. The van der Waals surface area contributed by atoms with Gasteiger partial charge < -0.3 is 0 Å². The Bertz CT molecular complexity index is 579. The van der Waals surface area contributed by atoms with Crippen LogP contribution in [0, 0.1) is 25.5 Å². The first-order valence-corrected chi connectivity index (χ1v) is 6.09. The van der Waals surface area contributed by atoms with Crippen LogP contribution in [-0.2, 0) is 0 Å². The molecule has 1 atom stereocenters. The minimum atomic E-state index is -0.607. The first-order valence-electron chi connectivity index (χ1n) is 5.65. The lowest BCUT2D eigenvalue weighted by atomic mass is 10.0. The lowest BCUT2D eigenvalue weighted by Gasteiger charge is -2.13. The molecule has 0 nitrogen and oxygen atoms in total. The van der Waals surface area contributed by atoms with Crippen LogP contribution in [-0.4, -0.2) is 0 Å². The normalized spacial score (nSPS) is 12.5. The molecule has 2 aromatic carbocycles. The Kier molecular flexibility index (Phi) is 3.67. The third-order valence-electron chi connectivity index (χ3n) is 2.90. The quantitative estimate of drug-likeness (QED) is 0.678. The molecular formula is C15H13ClF2. The molecule has 2 rings (SSSR count). The van der Waals surface area contributed by atoms with Crippen molar-refractivity contribution in [3.05, 3.63) is 70.3 Å². The maximum atomic E-state index is 13.7. The van der Waals surface area contributed by atoms with Crippen molar-refractivity contribution in [1.29, 1.82) is 0 Å². The second-order valence-electron chi connectivity index (χ2n) is 4.40.